The maximum Gasteiger partial charge on any atom is 0.294 e. The Labute approximate surface area is 101 Å². The van der Waals surface area contributed by atoms with E-state index in [0.29, 0.717) is 10.5 Å². The summed E-state index contributed by atoms with van der Waals surface area (Å²) < 4.78 is 5.72. The Morgan fingerprint density at radius 3 is 2.75 bits per heavy atom. The number of rotatable bonds is 2. The van der Waals surface area contributed by atoms with Gasteiger partial charge in [-0.3, -0.25) is 9.69 Å². The molecule has 82 valence electrons. The highest BCUT2D eigenvalue weighted by Gasteiger charge is 2.17. The lowest BCUT2D eigenvalue weighted by molar-refractivity contribution is 0.0964. The first-order valence-corrected chi connectivity index (χ1v) is 5.42. The summed E-state index contributed by atoms with van der Waals surface area (Å²) in [5.74, 6) is 0.629. The minimum atomic E-state index is -0.232. The Morgan fingerprint density at radius 2 is 2.19 bits per heavy atom. The van der Waals surface area contributed by atoms with Gasteiger partial charge < -0.3 is 4.42 Å². The lowest BCUT2D eigenvalue weighted by Gasteiger charge is -2.13. The molecule has 0 unspecified atom stereocenters. The lowest BCUT2D eigenvalue weighted by Crippen LogP contribution is -2.26. The van der Waals surface area contributed by atoms with Gasteiger partial charge in [-0.1, -0.05) is 6.07 Å². The lowest BCUT2D eigenvalue weighted by atomic mass is 10.3. The highest BCUT2D eigenvalue weighted by molar-refractivity contribution is 9.10. The summed E-state index contributed by atoms with van der Waals surface area (Å²) in [4.78, 5) is 17.4. The number of furan rings is 1. The molecule has 0 atom stereocenters. The van der Waals surface area contributed by atoms with Gasteiger partial charge in [0.15, 0.2) is 10.4 Å². The van der Waals surface area contributed by atoms with Crippen LogP contribution < -0.4 is 4.90 Å². The molecule has 0 saturated heterocycles. The van der Waals surface area contributed by atoms with E-state index in [0.717, 1.165) is 0 Å². The number of hydrogen-bond donors (Lipinski definition) is 0. The Bertz CT molecular complexity index is 496. The third-order valence-corrected chi connectivity index (χ3v) is 2.51. The molecule has 0 spiro atoms. The number of anilines is 1. The van der Waals surface area contributed by atoms with Crippen molar-refractivity contribution in [3.8, 4) is 0 Å². The van der Waals surface area contributed by atoms with E-state index in [1.807, 2.05) is 6.07 Å². The molecular weight excluding hydrogens is 272 g/mol. The third kappa shape index (κ3) is 2.14. The molecule has 2 heterocycles. The minimum absolute atomic E-state index is 0.232. The molecule has 0 radical (unpaired) electrons. The molecule has 0 bridgehead atoms. The van der Waals surface area contributed by atoms with Crippen molar-refractivity contribution in [3.05, 3.63) is 47.0 Å². The van der Waals surface area contributed by atoms with Crippen molar-refractivity contribution < 1.29 is 9.21 Å². The van der Waals surface area contributed by atoms with Crippen LogP contribution in [0.15, 0.2) is 45.6 Å². The fourth-order valence-electron chi connectivity index (χ4n) is 1.25. The minimum Gasteiger partial charge on any atom is -0.444 e. The molecule has 2 aromatic heterocycles. The summed E-state index contributed by atoms with van der Waals surface area (Å²) in [7, 11) is 1.65. The number of nitrogens with zero attached hydrogens (tertiary/aromatic N) is 2. The zero-order valence-corrected chi connectivity index (χ0v) is 10.1. The van der Waals surface area contributed by atoms with Crippen LogP contribution in [0.5, 0.6) is 0 Å². The van der Waals surface area contributed by atoms with Crippen molar-refractivity contribution in [1.82, 2.24) is 4.98 Å². The van der Waals surface area contributed by atoms with Crippen molar-refractivity contribution in [2.75, 3.05) is 11.9 Å². The molecule has 0 aliphatic rings. The fraction of sp³-hybridized carbons (Fsp3) is 0.0909. The van der Waals surface area contributed by atoms with Crippen LogP contribution >= 0.6 is 15.9 Å². The van der Waals surface area contributed by atoms with Crippen LogP contribution in [-0.4, -0.2) is 17.9 Å². The number of hydrogen-bond acceptors (Lipinski definition) is 3. The van der Waals surface area contributed by atoms with Crippen molar-refractivity contribution in [3.63, 3.8) is 0 Å². The molecule has 2 rings (SSSR count). The Kier molecular flexibility index (Phi) is 3.05. The standard InChI is InChI=1S/C11H9BrN2O2/c1-14(10-4-2-3-7-13-10)11(15)8-5-6-9(12)16-8/h2-7H,1H3. The number of halogens is 1. The molecule has 0 aliphatic carbocycles. The van der Waals surface area contributed by atoms with Crippen molar-refractivity contribution in [1.29, 1.82) is 0 Å². The number of carbonyl (C=O) groups excluding carboxylic acids is 1. The SMILES string of the molecule is CN(C(=O)c1ccc(Br)o1)c1ccccn1. The maximum atomic E-state index is 11.9. The number of carbonyl (C=O) groups is 1. The van der Waals surface area contributed by atoms with Gasteiger partial charge in [0.2, 0.25) is 0 Å². The highest BCUT2D eigenvalue weighted by atomic mass is 79.9. The van der Waals surface area contributed by atoms with Crippen LogP contribution in [0, 0.1) is 0 Å². The average molecular weight is 281 g/mol. The summed E-state index contributed by atoms with van der Waals surface area (Å²) in [5.41, 5.74) is 0. The zero-order valence-electron chi connectivity index (χ0n) is 8.55. The first kappa shape index (κ1) is 10.9. The second kappa shape index (κ2) is 4.49. The summed E-state index contributed by atoms with van der Waals surface area (Å²) in [6, 6.07) is 8.68. The van der Waals surface area contributed by atoms with Gasteiger partial charge in [0.25, 0.3) is 5.91 Å². The molecule has 2 aromatic rings. The van der Waals surface area contributed by atoms with Crippen LogP contribution in [-0.2, 0) is 0 Å². The zero-order chi connectivity index (χ0) is 11.5. The summed E-state index contributed by atoms with van der Waals surface area (Å²) in [5, 5.41) is 0. The number of aromatic nitrogens is 1. The second-order valence-corrected chi connectivity index (χ2v) is 3.94. The highest BCUT2D eigenvalue weighted by Crippen LogP contribution is 2.17. The van der Waals surface area contributed by atoms with Gasteiger partial charge in [-0.05, 0) is 40.2 Å². The van der Waals surface area contributed by atoms with Gasteiger partial charge in [0.1, 0.15) is 5.82 Å². The smallest absolute Gasteiger partial charge is 0.294 e. The molecule has 4 nitrogen and oxygen atoms in total. The van der Waals surface area contributed by atoms with Crippen LogP contribution in [0.4, 0.5) is 5.82 Å². The van der Waals surface area contributed by atoms with Crippen LogP contribution in [0.1, 0.15) is 10.6 Å². The Morgan fingerprint density at radius 1 is 1.38 bits per heavy atom. The Balaban J connectivity index is 2.23. The van der Waals surface area contributed by atoms with Crippen LogP contribution in [0.2, 0.25) is 0 Å². The summed E-state index contributed by atoms with van der Waals surface area (Å²) in [6.07, 6.45) is 1.64. The van der Waals surface area contributed by atoms with Gasteiger partial charge in [-0.2, -0.15) is 0 Å². The molecule has 1 amide bonds. The maximum absolute atomic E-state index is 11.9. The van der Waals surface area contributed by atoms with Crippen molar-refractivity contribution in [2.45, 2.75) is 0 Å². The van der Waals surface area contributed by atoms with E-state index >= 15 is 0 Å². The monoisotopic (exact) mass is 280 g/mol. The van der Waals surface area contributed by atoms with Gasteiger partial charge in [0, 0.05) is 13.2 Å². The van der Waals surface area contributed by atoms with Crippen LogP contribution in [0.3, 0.4) is 0 Å². The normalized spacial score (nSPS) is 10.1. The van der Waals surface area contributed by atoms with Crippen molar-refractivity contribution >= 4 is 27.7 Å². The predicted molar refractivity (Wildman–Crippen MR) is 63.4 cm³/mol. The average Bonchev–Trinajstić information content (AvgIpc) is 2.75. The van der Waals surface area contributed by atoms with E-state index in [-0.39, 0.29) is 11.7 Å². The largest absolute Gasteiger partial charge is 0.444 e. The van der Waals surface area contributed by atoms with E-state index in [1.54, 1.807) is 37.5 Å². The predicted octanol–water partition coefficient (Wildman–Crippen LogP) is 2.71. The van der Waals surface area contributed by atoms with Crippen LogP contribution in [0.25, 0.3) is 0 Å². The molecule has 0 fully saturated rings. The summed E-state index contributed by atoms with van der Waals surface area (Å²) >= 11 is 3.15. The van der Waals surface area contributed by atoms with E-state index in [4.69, 9.17) is 4.42 Å². The van der Waals surface area contributed by atoms with Crippen molar-refractivity contribution in [2.24, 2.45) is 0 Å². The molecule has 5 heteroatoms. The van der Waals surface area contributed by atoms with Gasteiger partial charge in [-0.15, -0.1) is 0 Å². The first-order chi connectivity index (χ1) is 7.68. The fourth-order valence-corrected chi connectivity index (χ4v) is 1.56. The van der Waals surface area contributed by atoms with E-state index in [2.05, 4.69) is 20.9 Å². The molecular formula is C11H9BrN2O2. The summed E-state index contributed by atoms with van der Waals surface area (Å²) in [6.45, 7) is 0. The van der Waals surface area contributed by atoms with Gasteiger partial charge in [-0.25, -0.2) is 4.98 Å². The molecule has 0 N–H and O–H groups in total. The second-order valence-electron chi connectivity index (χ2n) is 3.16. The molecule has 16 heavy (non-hydrogen) atoms. The first-order valence-electron chi connectivity index (χ1n) is 4.63. The van der Waals surface area contributed by atoms with E-state index in [1.165, 1.54) is 4.90 Å². The van der Waals surface area contributed by atoms with E-state index in [9.17, 15) is 4.79 Å². The molecule has 0 saturated carbocycles. The third-order valence-electron chi connectivity index (χ3n) is 2.08. The number of amides is 1. The van der Waals surface area contributed by atoms with Gasteiger partial charge in [0.05, 0.1) is 0 Å². The number of pyridine rings is 1. The molecule has 0 aromatic carbocycles. The van der Waals surface area contributed by atoms with E-state index < -0.39 is 0 Å². The Hall–Kier alpha value is -1.62. The molecule has 0 aliphatic heterocycles. The van der Waals surface area contributed by atoms with Gasteiger partial charge >= 0.3 is 0 Å². The quantitative estimate of drug-likeness (QED) is 0.850. The topological polar surface area (TPSA) is 46.3 Å².